The average molecular weight is 295 g/mol. The number of carbonyl (C=O) groups excluding carboxylic acids is 1. The van der Waals surface area contributed by atoms with Gasteiger partial charge in [0, 0.05) is 5.56 Å². The minimum absolute atomic E-state index is 0.338. The Morgan fingerprint density at radius 1 is 0.955 bits per heavy atom. The minimum atomic E-state index is -1.05. The molecule has 112 valence electrons. The molecule has 0 saturated heterocycles. The quantitative estimate of drug-likeness (QED) is 0.911. The molecule has 1 aliphatic rings. The predicted octanol–water partition coefficient (Wildman–Crippen LogP) is 3.01. The molecule has 1 saturated carbocycles. The third kappa shape index (κ3) is 2.72. The topological polar surface area (TPSA) is 66.4 Å². The fraction of sp³-hybridized carbons (Fsp3) is 0.222. The van der Waals surface area contributed by atoms with Gasteiger partial charge in [-0.15, -0.1) is 0 Å². The molecule has 1 aliphatic carbocycles. The van der Waals surface area contributed by atoms with Crippen LogP contribution in [0.15, 0.2) is 48.5 Å². The molecule has 0 aliphatic heterocycles. The fourth-order valence-corrected chi connectivity index (χ4v) is 2.37. The maximum absolute atomic E-state index is 12.1. The third-order valence-electron chi connectivity index (χ3n) is 4.04. The van der Waals surface area contributed by atoms with E-state index < -0.39 is 11.5 Å². The first kappa shape index (κ1) is 14.3. The molecule has 0 aromatic heterocycles. The molecule has 0 radical (unpaired) electrons. The summed E-state index contributed by atoms with van der Waals surface area (Å²) in [6, 6.07) is 15.4. The molecular weight excluding hydrogens is 278 g/mol. The van der Waals surface area contributed by atoms with E-state index >= 15 is 0 Å². The number of nitrogens with one attached hydrogen (secondary N) is 1. The van der Waals surface area contributed by atoms with Gasteiger partial charge in [-0.05, 0) is 43.0 Å². The van der Waals surface area contributed by atoms with Crippen LogP contribution in [0.1, 0.15) is 28.8 Å². The van der Waals surface area contributed by atoms with E-state index in [4.69, 9.17) is 5.11 Å². The summed E-state index contributed by atoms with van der Waals surface area (Å²) in [5.41, 5.74) is 2.73. The van der Waals surface area contributed by atoms with Gasteiger partial charge < -0.3 is 10.4 Å². The van der Waals surface area contributed by atoms with Gasteiger partial charge in [0.05, 0.1) is 0 Å². The molecule has 0 heterocycles. The van der Waals surface area contributed by atoms with Crippen molar-refractivity contribution in [3.05, 3.63) is 59.7 Å². The Morgan fingerprint density at radius 2 is 1.45 bits per heavy atom. The van der Waals surface area contributed by atoms with Crippen molar-refractivity contribution in [2.45, 2.75) is 25.3 Å². The van der Waals surface area contributed by atoms with Crippen LogP contribution < -0.4 is 5.32 Å². The van der Waals surface area contributed by atoms with Gasteiger partial charge in [0.15, 0.2) is 0 Å². The van der Waals surface area contributed by atoms with Crippen LogP contribution >= 0.6 is 0 Å². The second kappa shape index (κ2) is 5.30. The van der Waals surface area contributed by atoms with Crippen LogP contribution in [0, 0.1) is 6.92 Å². The molecule has 0 atom stereocenters. The Bertz CT molecular complexity index is 713. The van der Waals surface area contributed by atoms with Crippen molar-refractivity contribution in [2.24, 2.45) is 0 Å². The molecule has 0 unspecified atom stereocenters. The zero-order valence-electron chi connectivity index (χ0n) is 12.3. The lowest BCUT2D eigenvalue weighted by molar-refractivity contribution is -0.140. The molecule has 4 nitrogen and oxygen atoms in total. The molecule has 0 spiro atoms. The molecule has 1 fully saturated rings. The molecule has 2 aromatic carbocycles. The number of benzene rings is 2. The monoisotopic (exact) mass is 295 g/mol. The van der Waals surface area contributed by atoms with Crippen LogP contribution in [0.4, 0.5) is 0 Å². The SMILES string of the molecule is Cc1ccc(-c2ccc(C(=O)NC3(C(=O)O)CC3)cc2)cc1. The predicted molar refractivity (Wildman–Crippen MR) is 83.7 cm³/mol. The zero-order chi connectivity index (χ0) is 15.7. The Balaban J connectivity index is 1.75. The Labute approximate surface area is 128 Å². The lowest BCUT2D eigenvalue weighted by atomic mass is 10.0. The third-order valence-corrected chi connectivity index (χ3v) is 4.04. The number of rotatable bonds is 4. The Kier molecular flexibility index (Phi) is 3.45. The number of hydrogen-bond donors (Lipinski definition) is 2. The van der Waals surface area contributed by atoms with Gasteiger partial charge in [-0.25, -0.2) is 4.79 Å². The van der Waals surface area contributed by atoms with Gasteiger partial charge in [0.1, 0.15) is 5.54 Å². The zero-order valence-corrected chi connectivity index (χ0v) is 12.3. The first-order valence-corrected chi connectivity index (χ1v) is 7.23. The van der Waals surface area contributed by atoms with E-state index in [0.29, 0.717) is 18.4 Å². The lowest BCUT2D eigenvalue weighted by Crippen LogP contribution is -2.43. The molecule has 1 amide bonds. The summed E-state index contributed by atoms with van der Waals surface area (Å²) in [7, 11) is 0. The Hall–Kier alpha value is -2.62. The molecule has 0 bridgehead atoms. The summed E-state index contributed by atoms with van der Waals surface area (Å²) in [6.45, 7) is 2.04. The van der Waals surface area contributed by atoms with Crippen molar-refractivity contribution in [3.63, 3.8) is 0 Å². The van der Waals surface area contributed by atoms with Crippen LogP contribution in [0.3, 0.4) is 0 Å². The molecule has 2 N–H and O–H groups in total. The summed E-state index contributed by atoms with van der Waals surface area (Å²) >= 11 is 0. The van der Waals surface area contributed by atoms with E-state index in [2.05, 4.69) is 5.32 Å². The van der Waals surface area contributed by atoms with Crippen molar-refractivity contribution in [1.29, 1.82) is 0 Å². The van der Waals surface area contributed by atoms with Gasteiger partial charge in [-0.1, -0.05) is 42.0 Å². The maximum Gasteiger partial charge on any atom is 0.329 e. The maximum atomic E-state index is 12.1. The highest BCUT2D eigenvalue weighted by atomic mass is 16.4. The molecular formula is C18H17NO3. The van der Waals surface area contributed by atoms with Crippen LogP contribution in [0.25, 0.3) is 11.1 Å². The van der Waals surface area contributed by atoms with Gasteiger partial charge in [-0.3, -0.25) is 4.79 Å². The summed E-state index contributed by atoms with van der Waals surface area (Å²) in [6.07, 6.45) is 0.991. The first-order valence-electron chi connectivity index (χ1n) is 7.23. The highest BCUT2D eigenvalue weighted by molar-refractivity contribution is 5.99. The number of aliphatic carboxylic acids is 1. The van der Waals surface area contributed by atoms with Gasteiger partial charge in [-0.2, -0.15) is 0 Å². The van der Waals surface area contributed by atoms with E-state index in [1.165, 1.54) is 5.56 Å². The van der Waals surface area contributed by atoms with Gasteiger partial charge in [0.25, 0.3) is 5.91 Å². The number of hydrogen-bond acceptors (Lipinski definition) is 2. The van der Waals surface area contributed by atoms with Crippen LogP contribution in [-0.4, -0.2) is 22.5 Å². The second-order valence-corrected chi connectivity index (χ2v) is 5.78. The average Bonchev–Trinajstić information content (AvgIpc) is 3.29. The number of carboxylic acids is 1. The normalized spacial score (nSPS) is 15.1. The number of amides is 1. The highest BCUT2D eigenvalue weighted by Gasteiger charge is 2.51. The van der Waals surface area contributed by atoms with E-state index in [0.717, 1.165) is 11.1 Å². The van der Waals surface area contributed by atoms with E-state index in [1.54, 1.807) is 12.1 Å². The number of aryl methyl sites for hydroxylation is 1. The van der Waals surface area contributed by atoms with Crippen molar-refractivity contribution in [2.75, 3.05) is 0 Å². The van der Waals surface area contributed by atoms with Crippen LogP contribution in [-0.2, 0) is 4.79 Å². The summed E-state index contributed by atoms with van der Waals surface area (Å²) in [4.78, 5) is 23.2. The largest absolute Gasteiger partial charge is 0.480 e. The fourth-order valence-electron chi connectivity index (χ4n) is 2.37. The van der Waals surface area contributed by atoms with Crippen molar-refractivity contribution >= 4 is 11.9 Å². The first-order chi connectivity index (χ1) is 10.5. The molecule has 2 aromatic rings. The van der Waals surface area contributed by atoms with Crippen molar-refractivity contribution in [3.8, 4) is 11.1 Å². The van der Waals surface area contributed by atoms with E-state index in [-0.39, 0.29) is 5.91 Å². The highest BCUT2D eigenvalue weighted by Crippen LogP contribution is 2.35. The van der Waals surface area contributed by atoms with Crippen molar-refractivity contribution in [1.82, 2.24) is 5.32 Å². The smallest absolute Gasteiger partial charge is 0.329 e. The summed E-state index contributed by atoms with van der Waals surface area (Å²) < 4.78 is 0. The molecule has 22 heavy (non-hydrogen) atoms. The van der Waals surface area contributed by atoms with Gasteiger partial charge >= 0.3 is 5.97 Å². The number of carboxylic acid groups (broad SMARTS) is 1. The van der Waals surface area contributed by atoms with Gasteiger partial charge in [0.2, 0.25) is 0 Å². The lowest BCUT2D eigenvalue weighted by Gasteiger charge is -2.12. The molecule has 3 rings (SSSR count). The van der Waals surface area contributed by atoms with Crippen LogP contribution in [0.5, 0.6) is 0 Å². The van der Waals surface area contributed by atoms with E-state index in [1.807, 2.05) is 43.3 Å². The molecule has 4 heteroatoms. The summed E-state index contributed by atoms with van der Waals surface area (Å²) in [5.74, 6) is -1.30. The minimum Gasteiger partial charge on any atom is -0.480 e. The second-order valence-electron chi connectivity index (χ2n) is 5.78. The summed E-state index contributed by atoms with van der Waals surface area (Å²) in [5, 5.41) is 11.7. The standard InChI is InChI=1S/C18H17NO3/c1-12-2-4-13(5-3-12)14-6-8-15(9-7-14)16(20)19-18(10-11-18)17(21)22/h2-9H,10-11H2,1H3,(H,19,20)(H,21,22). The van der Waals surface area contributed by atoms with Crippen LogP contribution in [0.2, 0.25) is 0 Å². The van der Waals surface area contributed by atoms with E-state index in [9.17, 15) is 9.59 Å². The Morgan fingerprint density at radius 3 is 1.91 bits per heavy atom. The number of carbonyl (C=O) groups is 2. The van der Waals surface area contributed by atoms with Crippen molar-refractivity contribution < 1.29 is 14.7 Å².